The van der Waals surface area contributed by atoms with Gasteiger partial charge in [-0.15, -0.1) is 0 Å². The summed E-state index contributed by atoms with van der Waals surface area (Å²) in [5.74, 6) is -0.0795. The number of β-lactam (4-membered cyclic amide) rings is 1. The fourth-order valence-corrected chi connectivity index (χ4v) is 4.32. The summed E-state index contributed by atoms with van der Waals surface area (Å²) in [4.78, 5) is 11.6. The lowest BCUT2D eigenvalue weighted by atomic mass is 10.1. The van der Waals surface area contributed by atoms with Gasteiger partial charge in [-0.25, -0.2) is 0 Å². The zero-order valence-corrected chi connectivity index (χ0v) is 11.0. The molecule has 0 aromatic carbocycles. The molecule has 0 spiro atoms. The standard InChI is InChI=1S/C10H21NO2Si/c1-7-8(12)9(13)11(7)14(5,6)10(2,3)4/h7-8,12H,1-6H3/t7-,8-/m0/s1. The first-order chi connectivity index (χ1) is 6.10. The van der Waals surface area contributed by atoms with Crippen molar-refractivity contribution in [2.45, 2.75) is 58.0 Å². The molecule has 3 nitrogen and oxygen atoms in total. The first-order valence-electron chi connectivity index (χ1n) is 5.12. The Morgan fingerprint density at radius 3 is 2.07 bits per heavy atom. The minimum Gasteiger partial charge on any atom is -0.381 e. The van der Waals surface area contributed by atoms with Gasteiger partial charge in [-0.3, -0.25) is 4.79 Å². The molecule has 4 heteroatoms. The number of hydrogen-bond acceptors (Lipinski definition) is 2. The van der Waals surface area contributed by atoms with E-state index in [-0.39, 0.29) is 17.0 Å². The molecule has 1 aliphatic heterocycles. The second-order valence-corrected chi connectivity index (χ2v) is 10.8. The van der Waals surface area contributed by atoms with E-state index in [2.05, 4.69) is 33.9 Å². The van der Waals surface area contributed by atoms with Crippen molar-refractivity contribution in [1.82, 2.24) is 4.57 Å². The third kappa shape index (κ3) is 1.41. The summed E-state index contributed by atoms with van der Waals surface area (Å²) in [6, 6.07) is 0.00314. The number of amides is 1. The van der Waals surface area contributed by atoms with Crippen molar-refractivity contribution in [3.05, 3.63) is 0 Å². The molecule has 0 aliphatic carbocycles. The Morgan fingerprint density at radius 1 is 1.36 bits per heavy atom. The van der Waals surface area contributed by atoms with E-state index < -0.39 is 14.3 Å². The third-order valence-corrected chi connectivity index (χ3v) is 9.30. The normalized spacial score (nSPS) is 29.1. The molecule has 0 saturated carbocycles. The molecule has 1 saturated heterocycles. The molecule has 0 aromatic rings. The van der Waals surface area contributed by atoms with E-state index >= 15 is 0 Å². The van der Waals surface area contributed by atoms with Crippen LogP contribution in [0.25, 0.3) is 0 Å². The van der Waals surface area contributed by atoms with Gasteiger partial charge in [0.2, 0.25) is 5.91 Å². The van der Waals surface area contributed by atoms with Crippen molar-refractivity contribution < 1.29 is 9.90 Å². The fourth-order valence-electron chi connectivity index (χ4n) is 1.75. The van der Waals surface area contributed by atoms with Crippen LogP contribution in [0.1, 0.15) is 27.7 Å². The molecule has 1 amide bonds. The van der Waals surface area contributed by atoms with E-state index in [0.29, 0.717) is 0 Å². The van der Waals surface area contributed by atoms with E-state index in [1.54, 1.807) is 0 Å². The van der Waals surface area contributed by atoms with Crippen molar-refractivity contribution in [3.8, 4) is 0 Å². The van der Waals surface area contributed by atoms with Gasteiger partial charge in [-0.1, -0.05) is 33.9 Å². The average molecular weight is 215 g/mol. The molecule has 1 fully saturated rings. The van der Waals surface area contributed by atoms with Crippen molar-refractivity contribution in [1.29, 1.82) is 0 Å². The Bertz CT molecular complexity index is 257. The summed E-state index contributed by atoms with van der Waals surface area (Å²) in [5.41, 5.74) is 0. The maximum atomic E-state index is 11.6. The van der Waals surface area contributed by atoms with Crippen molar-refractivity contribution in [2.75, 3.05) is 0 Å². The number of carbonyl (C=O) groups excluding carboxylic acids is 1. The monoisotopic (exact) mass is 215 g/mol. The van der Waals surface area contributed by atoms with Gasteiger partial charge in [0.1, 0.15) is 0 Å². The highest BCUT2D eigenvalue weighted by Gasteiger charge is 2.54. The van der Waals surface area contributed by atoms with Crippen LogP contribution in [0.3, 0.4) is 0 Å². The summed E-state index contributed by atoms with van der Waals surface area (Å²) < 4.78 is 1.93. The predicted octanol–water partition coefficient (Wildman–Crippen LogP) is 1.58. The van der Waals surface area contributed by atoms with Crippen molar-refractivity contribution in [2.24, 2.45) is 0 Å². The maximum absolute atomic E-state index is 11.6. The second-order valence-electron chi connectivity index (χ2n) is 5.70. The smallest absolute Gasteiger partial charge is 0.245 e. The number of carbonyl (C=O) groups is 1. The van der Waals surface area contributed by atoms with E-state index in [9.17, 15) is 9.90 Å². The Morgan fingerprint density at radius 2 is 1.79 bits per heavy atom. The van der Waals surface area contributed by atoms with Crippen LogP contribution in [0.5, 0.6) is 0 Å². The van der Waals surface area contributed by atoms with Crippen LogP contribution in [-0.2, 0) is 4.79 Å². The minimum absolute atomic E-state index is 0.00314. The van der Waals surface area contributed by atoms with Crippen LogP contribution in [0.2, 0.25) is 18.1 Å². The zero-order chi connectivity index (χ0) is 11.3. The summed E-state index contributed by atoms with van der Waals surface area (Å²) in [5, 5.41) is 9.57. The topological polar surface area (TPSA) is 40.5 Å². The first kappa shape index (κ1) is 11.7. The highest BCUT2D eigenvalue weighted by Crippen LogP contribution is 2.42. The molecule has 0 radical (unpaired) electrons. The maximum Gasteiger partial charge on any atom is 0.245 e. The molecule has 0 aromatic heterocycles. The molecule has 1 N–H and O–H groups in total. The van der Waals surface area contributed by atoms with E-state index in [1.165, 1.54) is 0 Å². The lowest BCUT2D eigenvalue weighted by Crippen LogP contribution is -2.74. The summed E-state index contributed by atoms with van der Waals surface area (Å²) in [7, 11) is -1.77. The van der Waals surface area contributed by atoms with Crippen LogP contribution in [0, 0.1) is 0 Å². The lowest BCUT2D eigenvalue weighted by Gasteiger charge is -2.56. The summed E-state index contributed by atoms with van der Waals surface area (Å²) in [6.07, 6.45) is -0.760. The number of hydrogen-bond donors (Lipinski definition) is 1. The zero-order valence-electron chi connectivity index (χ0n) is 9.96. The first-order valence-corrected chi connectivity index (χ1v) is 8.06. The van der Waals surface area contributed by atoms with Gasteiger partial charge in [0.05, 0.1) is 6.04 Å². The number of aliphatic hydroxyl groups excluding tert-OH is 1. The lowest BCUT2D eigenvalue weighted by molar-refractivity contribution is -0.155. The third-order valence-electron chi connectivity index (χ3n) is 3.79. The summed E-state index contributed by atoms with van der Waals surface area (Å²) >= 11 is 0. The Kier molecular flexibility index (Phi) is 2.57. The van der Waals surface area contributed by atoms with Gasteiger partial charge >= 0.3 is 0 Å². The number of nitrogens with zero attached hydrogens (tertiary/aromatic N) is 1. The van der Waals surface area contributed by atoms with E-state index in [4.69, 9.17) is 0 Å². The molecule has 1 aliphatic rings. The largest absolute Gasteiger partial charge is 0.381 e. The predicted molar refractivity (Wildman–Crippen MR) is 59.5 cm³/mol. The molecular weight excluding hydrogens is 194 g/mol. The van der Waals surface area contributed by atoms with E-state index in [0.717, 1.165) is 0 Å². The Balaban J connectivity index is 2.91. The fraction of sp³-hybridized carbons (Fsp3) is 0.900. The Labute approximate surface area is 87.2 Å². The van der Waals surface area contributed by atoms with Gasteiger partial charge < -0.3 is 9.67 Å². The molecule has 14 heavy (non-hydrogen) atoms. The number of aliphatic hydroxyl groups is 1. The highest BCUT2D eigenvalue weighted by atomic mass is 28.3. The molecule has 1 heterocycles. The van der Waals surface area contributed by atoms with Gasteiger partial charge in [0.25, 0.3) is 0 Å². The molecule has 2 atom stereocenters. The average Bonchev–Trinajstić information content (AvgIpc) is 2.01. The molecule has 0 bridgehead atoms. The van der Waals surface area contributed by atoms with E-state index in [1.807, 2.05) is 11.5 Å². The second kappa shape index (κ2) is 3.07. The van der Waals surface area contributed by atoms with Crippen molar-refractivity contribution in [3.63, 3.8) is 0 Å². The van der Waals surface area contributed by atoms with Crippen LogP contribution in [0.4, 0.5) is 0 Å². The van der Waals surface area contributed by atoms with Gasteiger partial charge in [0.15, 0.2) is 14.3 Å². The van der Waals surface area contributed by atoms with Crippen LogP contribution in [-0.4, -0.2) is 36.0 Å². The number of rotatable bonds is 1. The minimum atomic E-state index is -1.77. The molecule has 1 rings (SSSR count). The van der Waals surface area contributed by atoms with Gasteiger partial charge in [0, 0.05) is 0 Å². The SMILES string of the molecule is C[C@H]1[C@H](O)C(=O)N1[Si](C)(C)C(C)(C)C. The summed E-state index contributed by atoms with van der Waals surface area (Å²) in [6.45, 7) is 12.8. The van der Waals surface area contributed by atoms with Gasteiger partial charge in [-0.2, -0.15) is 0 Å². The van der Waals surface area contributed by atoms with Crippen LogP contribution in [0.15, 0.2) is 0 Å². The highest BCUT2D eigenvalue weighted by molar-refractivity contribution is 6.80. The molecule has 82 valence electrons. The molecular formula is C10H21NO2Si. The molecule has 0 unspecified atom stereocenters. The van der Waals surface area contributed by atoms with Gasteiger partial charge in [-0.05, 0) is 12.0 Å². The Hall–Kier alpha value is -0.353. The van der Waals surface area contributed by atoms with Crippen LogP contribution < -0.4 is 0 Å². The van der Waals surface area contributed by atoms with Crippen LogP contribution >= 0.6 is 0 Å². The van der Waals surface area contributed by atoms with Crippen molar-refractivity contribution >= 4 is 14.1 Å². The quantitative estimate of drug-likeness (QED) is 0.533.